The van der Waals surface area contributed by atoms with Gasteiger partial charge in [-0.2, -0.15) is 8.78 Å². The molecule has 0 amide bonds. The van der Waals surface area contributed by atoms with Crippen LogP contribution in [0.1, 0.15) is 6.92 Å². The van der Waals surface area contributed by atoms with Gasteiger partial charge in [-0.15, -0.1) is 5.46 Å². The van der Waals surface area contributed by atoms with Crippen LogP contribution in [0.25, 0.3) is 0 Å². The number of benzene rings is 1. The van der Waals surface area contributed by atoms with Gasteiger partial charge in [0.05, 0.1) is 6.61 Å². The Balaban J connectivity index is 2.80. The molecule has 9 heteroatoms. The monoisotopic (exact) mass is 283 g/mol. The SMILES string of the molecule is CCOC(=O)C(F)(F)Oc1ccc([B-](F)(F)F)cc1. The van der Waals surface area contributed by atoms with Gasteiger partial charge in [0.1, 0.15) is 5.75 Å². The van der Waals surface area contributed by atoms with Gasteiger partial charge in [-0.1, -0.05) is 12.1 Å². The van der Waals surface area contributed by atoms with E-state index in [2.05, 4.69) is 9.47 Å². The van der Waals surface area contributed by atoms with Crippen molar-refractivity contribution in [3.05, 3.63) is 24.3 Å². The first-order valence-electron chi connectivity index (χ1n) is 5.20. The van der Waals surface area contributed by atoms with E-state index < -0.39 is 30.3 Å². The van der Waals surface area contributed by atoms with Gasteiger partial charge in [0.2, 0.25) is 0 Å². The number of carbonyl (C=O) groups excluding carboxylic acids is 1. The molecule has 0 N–H and O–H groups in total. The largest absolute Gasteiger partial charge is 0.509 e. The number of alkyl halides is 2. The van der Waals surface area contributed by atoms with Crippen molar-refractivity contribution in [1.29, 1.82) is 0 Å². The van der Waals surface area contributed by atoms with E-state index in [1.165, 1.54) is 6.92 Å². The highest BCUT2D eigenvalue weighted by Gasteiger charge is 2.44. The molecule has 0 aliphatic carbocycles. The van der Waals surface area contributed by atoms with Crippen molar-refractivity contribution in [3.8, 4) is 5.75 Å². The minimum atomic E-state index is -5.21. The van der Waals surface area contributed by atoms with Crippen molar-refractivity contribution in [2.24, 2.45) is 0 Å². The number of esters is 1. The topological polar surface area (TPSA) is 35.5 Å². The summed E-state index contributed by atoms with van der Waals surface area (Å²) in [4.78, 5) is 10.8. The second kappa shape index (κ2) is 5.46. The van der Waals surface area contributed by atoms with Crippen molar-refractivity contribution in [1.82, 2.24) is 0 Å². The minimum Gasteiger partial charge on any atom is -0.459 e. The highest BCUT2D eigenvalue weighted by Crippen LogP contribution is 2.23. The van der Waals surface area contributed by atoms with E-state index >= 15 is 0 Å². The van der Waals surface area contributed by atoms with Gasteiger partial charge >= 0.3 is 19.1 Å². The van der Waals surface area contributed by atoms with Crippen LogP contribution in [0.2, 0.25) is 0 Å². The first kappa shape index (κ1) is 15.3. The molecule has 106 valence electrons. The van der Waals surface area contributed by atoms with Crippen LogP contribution >= 0.6 is 0 Å². The minimum absolute atomic E-state index is 0.271. The van der Waals surface area contributed by atoms with E-state index in [9.17, 15) is 26.5 Å². The average Bonchev–Trinajstić information content (AvgIpc) is 2.28. The molecule has 19 heavy (non-hydrogen) atoms. The molecular weight excluding hydrogens is 274 g/mol. The molecule has 0 fully saturated rings. The van der Waals surface area contributed by atoms with Crippen molar-refractivity contribution >= 4 is 18.4 Å². The lowest BCUT2D eigenvalue weighted by Gasteiger charge is -2.18. The fourth-order valence-corrected chi connectivity index (χ4v) is 1.16. The Bertz CT molecular complexity index is 443. The third kappa shape index (κ3) is 4.11. The van der Waals surface area contributed by atoms with Gasteiger partial charge in [0.15, 0.2) is 0 Å². The van der Waals surface area contributed by atoms with Gasteiger partial charge < -0.3 is 22.4 Å². The summed E-state index contributed by atoms with van der Waals surface area (Å²) < 4.78 is 71.2. The maximum absolute atomic E-state index is 13.1. The molecule has 0 saturated heterocycles. The molecule has 0 aromatic heterocycles. The van der Waals surface area contributed by atoms with Gasteiger partial charge in [0.25, 0.3) is 0 Å². The zero-order valence-electron chi connectivity index (χ0n) is 9.71. The zero-order chi connectivity index (χ0) is 14.7. The molecule has 0 bridgehead atoms. The fraction of sp³-hybridized carbons (Fsp3) is 0.300. The summed E-state index contributed by atoms with van der Waals surface area (Å²) in [5, 5.41) is 0. The molecule has 1 aromatic rings. The Hall–Kier alpha value is -1.80. The normalized spacial score (nSPS) is 12.1. The molecule has 0 atom stereocenters. The van der Waals surface area contributed by atoms with E-state index in [0.29, 0.717) is 24.3 Å². The molecule has 0 heterocycles. The predicted octanol–water partition coefficient (Wildman–Crippen LogP) is 2.28. The summed E-state index contributed by atoms with van der Waals surface area (Å²) in [5.41, 5.74) is -0.952. The van der Waals surface area contributed by atoms with Gasteiger partial charge in [0, 0.05) is 0 Å². The molecule has 0 spiro atoms. The maximum Gasteiger partial charge on any atom is 0.509 e. The highest BCUT2D eigenvalue weighted by atomic mass is 19.4. The Morgan fingerprint density at radius 1 is 1.21 bits per heavy atom. The van der Waals surface area contributed by atoms with Crippen molar-refractivity contribution < 1.29 is 36.0 Å². The number of hydrogen-bond acceptors (Lipinski definition) is 3. The number of halogens is 5. The summed E-state index contributed by atoms with van der Waals surface area (Å²) in [7, 11) is 0. The van der Waals surface area contributed by atoms with Crippen LogP contribution in [0.4, 0.5) is 21.7 Å². The molecular formula is C10H9BF5O3-. The Morgan fingerprint density at radius 2 is 1.74 bits per heavy atom. The van der Waals surface area contributed by atoms with E-state index in [-0.39, 0.29) is 6.61 Å². The molecule has 0 aliphatic rings. The molecule has 3 nitrogen and oxygen atoms in total. The van der Waals surface area contributed by atoms with Crippen LogP contribution in [-0.2, 0) is 9.53 Å². The number of hydrogen-bond donors (Lipinski definition) is 0. The Kier molecular flexibility index (Phi) is 4.38. The first-order valence-corrected chi connectivity index (χ1v) is 5.20. The van der Waals surface area contributed by atoms with E-state index in [1.807, 2.05) is 0 Å². The zero-order valence-corrected chi connectivity index (χ0v) is 9.71. The van der Waals surface area contributed by atoms with Crippen molar-refractivity contribution in [3.63, 3.8) is 0 Å². The summed E-state index contributed by atoms with van der Waals surface area (Å²) in [6.07, 6.45) is -4.25. The Labute approximate surface area is 105 Å². The summed E-state index contributed by atoms with van der Waals surface area (Å²) in [5.74, 6) is -2.47. The maximum atomic E-state index is 13.1. The molecule has 0 radical (unpaired) electrons. The first-order chi connectivity index (χ1) is 8.66. The number of rotatable bonds is 5. The molecule has 0 saturated carbocycles. The van der Waals surface area contributed by atoms with Gasteiger partial charge in [-0.05, 0) is 19.1 Å². The summed E-state index contributed by atoms with van der Waals surface area (Å²) in [6, 6.07) is 2.60. The lowest BCUT2D eigenvalue weighted by Crippen LogP contribution is -2.37. The van der Waals surface area contributed by atoms with Crippen LogP contribution in [0.5, 0.6) is 5.75 Å². The van der Waals surface area contributed by atoms with Crippen molar-refractivity contribution in [2.45, 2.75) is 13.0 Å². The van der Waals surface area contributed by atoms with Crippen LogP contribution in [-0.4, -0.2) is 25.7 Å². The van der Waals surface area contributed by atoms with Crippen LogP contribution in [0.3, 0.4) is 0 Å². The predicted molar refractivity (Wildman–Crippen MR) is 57.4 cm³/mol. The average molecular weight is 283 g/mol. The van der Waals surface area contributed by atoms with Crippen LogP contribution < -0.4 is 10.2 Å². The second-order valence-corrected chi connectivity index (χ2v) is 3.48. The van der Waals surface area contributed by atoms with Crippen molar-refractivity contribution in [2.75, 3.05) is 6.61 Å². The summed E-state index contributed by atoms with van der Waals surface area (Å²) in [6.45, 7) is -4.16. The standard InChI is InChI=1S/C10H9BF5O3/c1-2-18-9(17)10(12,13)19-8-5-3-7(4-6-8)11(14,15)16/h3-6H,2H2,1H3/q-1. The van der Waals surface area contributed by atoms with Gasteiger partial charge in [-0.25, -0.2) is 4.79 Å². The lowest BCUT2D eigenvalue weighted by atomic mass is 9.80. The quantitative estimate of drug-likeness (QED) is 0.472. The third-order valence-electron chi connectivity index (χ3n) is 2.02. The van der Waals surface area contributed by atoms with E-state index in [0.717, 1.165) is 0 Å². The molecule has 0 aliphatic heterocycles. The third-order valence-corrected chi connectivity index (χ3v) is 2.02. The lowest BCUT2D eigenvalue weighted by molar-refractivity contribution is -0.216. The second-order valence-electron chi connectivity index (χ2n) is 3.48. The number of ether oxygens (including phenoxy) is 2. The summed E-state index contributed by atoms with van der Waals surface area (Å²) >= 11 is 0. The molecule has 0 unspecified atom stereocenters. The van der Waals surface area contributed by atoms with Gasteiger partial charge in [-0.3, -0.25) is 0 Å². The molecule has 1 aromatic carbocycles. The van der Waals surface area contributed by atoms with Crippen LogP contribution in [0.15, 0.2) is 24.3 Å². The van der Waals surface area contributed by atoms with E-state index in [4.69, 9.17) is 0 Å². The number of carbonyl (C=O) groups is 1. The Morgan fingerprint density at radius 3 is 2.16 bits per heavy atom. The smallest absolute Gasteiger partial charge is 0.459 e. The fourth-order valence-electron chi connectivity index (χ4n) is 1.16. The molecule has 1 rings (SSSR count). The van der Waals surface area contributed by atoms with E-state index in [1.54, 1.807) is 0 Å². The van der Waals surface area contributed by atoms with Crippen LogP contribution in [0, 0.1) is 0 Å². The highest BCUT2D eigenvalue weighted by molar-refractivity contribution is 6.73.